The van der Waals surface area contributed by atoms with Crippen LogP contribution in [0.3, 0.4) is 0 Å². The molecule has 2 N–H and O–H groups in total. The van der Waals surface area contributed by atoms with Gasteiger partial charge in [-0.2, -0.15) is 0 Å². The molecule has 0 atom stereocenters. The average Bonchev–Trinajstić information content (AvgIpc) is 3.72. The summed E-state index contributed by atoms with van der Waals surface area (Å²) >= 11 is 0. The quantitative estimate of drug-likeness (QED) is 0.0348. The third kappa shape index (κ3) is 40.7. The zero-order valence-corrected chi connectivity index (χ0v) is 31.5. The van der Waals surface area contributed by atoms with E-state index in [0.29, 0.717) is 13.2 Å². The molecular formula is C36H68B2F8N4O2. The fourth-order valence-electron chi connectivity index (χ4n) is 5.99. The average molecular weight is 763 g/mol. The summed E-state index contributed by atoms with van der Waals surface area (Å²) in [5, 5.41) is 17.6. The number of hydrogen-bond acceptors (Lipinski definition) is 2. The summed E-state index contributed by atoms with van der Waals surface area (Å²) in [6, 6.07) is 0. The van der Waals surface area contributed by atoms with Gasteiger partial charge >= 0.3 is 14.5 Å². The highest BCUT2D eigenvalue weighted by Crippen LogP contribution is 2.12. The van der Waals surface area contributed by atoms with Gasteiger partial charge < -0.3 is 44.7 Å². The van der Waals surface area contributed by atoms with E-state index in [1.807, 2.05) is 0 Å². The number of hydrogen-bond donors (Lipinski definition) is 2. The fourth-order valence-corrected chi connectivity index (χ4v) is 5.99. The first-order valence-corrected chi connectivity index (χ1v) is 19.9. The van der Waals surface area contributed by atoms with Gasteiger partial charge in [0, 0.05) is 13.2 Å². The highest BCUT2D eigenvalue weighted by atomic mass is 19.5. The van der Waals surface area contributed by atoms with Gasteiger partial charge in [0.2, 0.25) is 12.7 Å². The third-order valence-electron chi connectivity index (χ3n) is 8.72. The third-order valence-corrected chi connectivity index (χ3v) is 8.72. The van der Waals surface area contributed by atoms with E-state index in [2.05, 4.69) is 55.7 Å². The second kappa shape index (κ2) is 33.5. The number of aliphatic hydroxyl groups is 2. The number of halogens is 8. The van der Waals surface area contributed by atoms with Crippen LogP contribution in [0.15, 0.2) is 37.4 Å². The standard InChI is InChI=1S/C36H68N4O2.2BF4/c41-33-23-17-11-5-1-3-7-13-19-25-37-29-31-39(35-37)27-21-15-9-10-16-22-28-40-32-30-38(36-40)26-20-14-8-4-2-6-12-18-24-34-42;2*2-1(3,4)5/h29-32,35-36,41-42H,1-28,33-34H2;;/q+2;2*-1. The zero-order chi connectivity index (χ0) is 38.8. The fraction of sp³-hybridized carbons (Fsp3) is 0.833. The van der Waals surface area contributed by atoms with Gasteiger partial charge in [-0.25, -0.2) is 18.3 Å². The van der Waals surface area contributed by atoms with Gasteiger partial charge in [0.15, 0.2) is 0 Å². The minimum Gasteiger partial charge on any atom is -0.418 e. The molecule has 0 radical (unpaired) electrons. The van der Waals surface area contributed by atoms with Crippen molar-refractivity contribution in [1.29, 1.82) is 0 Å². The topological polar surface area (TPSA) is 58.1 Å². The summed E-state index contributed by atoms with van der Waals surface area (Å²) in [4.78, 5) is 0. The van der Waals surface area contributed by atoms with E-state index in [1.165, 1.54) is 141 Å². The van der Waals surface area contributed by atoms with Crippen molar-refractivity contribution >= 4 is 14.5 Å². The van der Waals surface area contributed by atoms with E-state index in [0.717, 1.165) is 39.0 Å². The molecule has 2 aromatic heterocycles. The van der Waals surface area contributed by atoms with Gasteiger partial charge in [-0.3, -0.25) is 0 Å². The number of rotatable bonds is 31. The molecule has 306 valence electrons. The summed E-state index contributed by atoms with van der Waals surface area (Å²) in [6.45, 7) is 5.31. The molecule has 2 rings (SSSR count). The van der Waals surface area contributed by atoms with Crippen molar-refractivity contribution in [3.05, 3.63) is 37.4 Å². The lowest BCUT2D eigenvalue weighted by molar-refractivity contribution is -0.697. The predicted molar refractivity (Wildman–Crippen MR) is 195 cm³/mol. The number of nitrogens with zero attached hydrogens (tertiary/aromatic N) is 4. The van der Waals surface area contributed by atoms with Gasteiger partial charge in [0.1, 0.15) is 24.8 Å². The molecule has 0 fully saturated rings. The zero-order valence-electron chi connectivity index (χ0n) is 31.5. The number of aliphatic hydroxyl groups excluding tert-OH is 2. The van der Waals surface area contributed by atoms with Crippen LogP contribution in [0.5, 0.6) is 0 Å². The van der Waals surface area contributed by atoms with E-state index in [1.54, 1.807) is 0 Å². The molecule has 0 aliphatic rings. The molecule has 0 aliphatic heterocycles. The Kier molecular flexibility index (Phi) is 32.1. The molecule has 0 aromatic carbocycles. The van der Waals surface area contributed by atoms with E-state index in [9.17, 15) is 34.5 Å². The Morgan fingerprint density at radius 1 is 0.365 bits per heavy atom. The number of unbranched alkanes of at least 4 members (excludes halogenated alkanes) is 21. The molecule has 16 heteroatoms. The number of aryl methyl sites for hydroxylation is 4. The Labute approximate surface area is 308 Å². The van der Waals surface area contributed by atoms with Crippen molar-refractivity contribution in [2.75, 3.05) is 13.2 Å². The highest BCUT2D eigenvalue weighted by molar-refractivity contribution is 6.50. The Morgan fingerprint density at radius 3 is 0.865 bits per heavy atom. The van der Waals surface area contributed by atoms with E-state index in [4.69, 9.17) is 10.2 Å². The van der Waals surface area contributed by atoms with E-state index in [-0.39, 0.29) is 0 Å². The van der Waals surface area contributed by atoms with Crippen LogP contribution in [-0.4, -0.2) is 47.1 Å². The Morgan fingerprint density at radius 2 is 0.596 bits per heavy atom. The van der Waals surface area contributed by atoms with Gasteiger partial charge in [0.05, 0.1) is 26.2 Å². The Bertz CT molecular complexity index is 950. The van der Waals surface area contributed by atoms with Crippen molar-refractivity contribution in [3.8, 4) is 0 Å². The van der Waals surface area contributed by atoms with Crippen LogP contribution in [0.2, 0.25) is 0 Å². The molecule has 0 bridgehead atoms. The molecule has 0 aliphatic carbocycles. The maximum Gasteiger partial charge on any atom is 0.673 e. The Balaban J connectivity index is 0.00000228. The maximum absolute atomic E-state index is 9.75. The van der Waals surface area contributed by atoms with E-state index < -0.39 is 14.5 Å². The molecule has 0 saturated carbocycles. The Hall–Kier alpha value is -2.09. The normalized spacial score (nSPS) is 11.7. The van der Waals surface area contributed by atoms with Crippen molar-refractivity contribution in [2.24, 2.45) is 0 Å². The van der Waals surface area contributed by atoms with E-state index >= 15 is 0 Å². The van der Waals surface area contributed by atoms with Crippen molar-refractivity contribution in [2.45, 2.75) is 180 Å². The van der Waals surface area contributed by atoms with Crippen molar-refractivity contribution in [1.82, 2.24) is 9.13 Å². The smallest absolute Gasteiger partial charge is 0.418 e. The number of aromatic nitrogens is 4. The van der Waals surface area contributed by atoms with Gasteiger partial charge in [-0.05, 0) is 64.2 Å². The second-order valence-corrected chi connectivity index (χ2v) is 13.7. The minimum atomic E-state index is -6.00. The van der Waals surface area contributed by atoms with Crippen LogP contribution in [-0.2, 0) is 26.2 Å². The largest absolute Gasteiger partial charge is 0.673 e. The highest BCUT2D eigenvalue weighted by Gasteiger charge is 2.21. The monoisotopic (exact) mass is 763 g/mol. The molecule has 52 heavy (non-hydrogen) atoms. The molecule has 6 nitrogen and oxygen atoms in total. The van der Waals surface area contributed by atoms with Crippen molar-refractivity contribution in [3.63, 3.8) is 0 Å². The molecule has 0 spiro atoms. The van der Waals surface area contributed by atoms with Crippen LogP contribution >= 0.6 is 0 Å². The molecule has 2 aromatic rings. The van der Waals surface area contributed by atoms with Crippen molar-refractivity contribution < 1.29 is 53.9 Å². The molecule has 0 amide bonds. The lowest BCUT2D eigenvalue weighted by atomic mass is 10.1. The summed E-state index contributed by atoms with van der Waals surface area (Å²) in [6.07, 6.45) is 44.6. The SMILES string of the molecule is F[B-](F)(F)F.F[B-](F)(F)F.OCCCCCCCCCCC[n+]1ccn(CCCCCCCCn2cc[n+](CCCCCCCCCCCO)c2)c1. The van der Waals surface area contributed by atoms with Crippen LogP contribution in [0, 0.1) is 0 Å². The van der Waals surface area contributed by atoms with Crippen LogP contribution in [0.4, 0.5) is 34.5 Å². The molecule has 0 unspecified atom stereocenters. The molecular weight excluding hydrogens is 694 g/mol. The molecule has 2 heterocycles. The first-order valence-electron chi connectivity index (χ1n) is 19.9. The minimum absolute atomic E-state index is 0.353. The molecule has 0 saturated heterocycles. The van der Waals surface area contributed by atoms with Crippen LogP contribution in [0.1, 0.15) is 154 Å². The van der Waals surface area contributed by atoms with Gasteiger partial charge in [-0.15, -0.1) is 0 Å². The summed E-state index contributed by atoms with van der Waals surface area (Å²) in [5.41, 5.74) is 0. The first-order chi connectivity index (χ1) is 24.8. The second-order valence-electron chi connectivity index (χ2n) is 13.7. The maximum atomic E-state index is 9.75. The van der Waals surface area contributed by atoms with Gasteiger partial charge in [-0.1, -0.05) is 89.9 Å². The first kappa shape index (κ1) is 49.9. The van der Waals surface area contributed by atoms with Crippen LogP contribution in [0.25, 0.3) is 0 Å². The van der Waals surface area contributed by atoms with Crippen LogP contribution < -0.4 is 9.13 Å². The lowest BCUT2D eigenvalue weighted by Crippen LogP contribution is -2.30. The number of imidazole rings is 2. The summed E-state index contributed by atoms with van der Waals surface area (Å²) in [7, 11) is -12.0. The summed E-state index contributed by atoms with van der Waals surface area (Å²) < 4.78 is 87.5. The van der Waals surface area contributed by atoms with Gasteiger partial charge in [0.25, 0.3) is 0 Å². The lowest BCUT2D eigenvalue weighted by Gasteiger charge is -2.02. The predicted octanol–water partition coefficient (Wildman–Crippen LogP) is 10.5. The summed E-state index contributed by atoms with van der Waals surface area (Å²) in [5.74, 6) is 0.